The molecule has 2 unspecified atom stereocenters. The lowest BCUT2D eigenvalue weighted by Crippen LogP contribution is -2.20. The summed E-state index contributed by atoms with van der Waals surface area (Å²) in [6.45, 7) is 1.24. The number of ether oxygens (including phenoxy) is 1. The van der Waals surface area contributed by atoms with Gasteiger partial charge in [0, 0.05) is 31.6 Å². The van der Waals surface area contributed by atoms with Crippen molar-refractivity contribution in [1.82, 2.24) is 4.98 Å². The van der Waals surface area contributed by atoms with Crippen LogP contribution in [0.25, 0.3) is 0 Å². The van der Waals surface area contributed by atoms with Gasteiger partial charge in [-0.05, 0) is 30.4 Å². The van der Waals surface area contributed by atoms with E-state index in [1.807, 2.05) is 0 Å². The molecule has 1 aliphatic rings. The molecule has 2 atom stereocenters. The summed E-state index contributed by atoms with van der Waals surface area (Å²) in [6.07, 6.45) is -0.687. The van der Waals surface area contributed by atoms with Crippen LogP contribution in [-0.4, -0.2) is 18.2 Å². The van der Waals surface area contributed by atoms with Crippen molar-refractivity contribution in [2.75, 3.05) is 13.2 Å². The third kappa shape index (κ3) is 3.00. The van der Waals surface area contributed by atoms with E-state index in [1.165, 1.54) is 6.20 Å². The highest BCUT2D eigenvalue weighted by molar-refractivity contribution is 5.29. The van der Waals surface area contributed by atoms with Crippen LogP contribution in [0, 0.1) is 5.92 Å². The zero-order valence-corrected chi connectivity index (χ0v) is 9.78. The molecule has 0 aromatic carbocycles. The minimum Gasteiger partial charge on any atom is -0.381 e. The van der Waals surface area contributed by atoms with Gasteiger partial charge in [-0.15, -0.1) is 0 Å². The Balaban J connectivity index is 2.16. The van der Waals surface area contributed by atoms with Crippen LogP contribution in [0.15, 0.2) is 18.5 Å². The molecule has 6 heteroatoms. The van der Waals surface area contributed by atoms with E-state index in [0.717, 1.165) is 18.7 Å². The van der Waals surface area contributed by atoms with Crippen molar-refractivity contribution in [2.24, 2.45) is 11.7 Å². The topological polar surface area (TPSA) is 48.1 Å². The molecule has 3 nitrogen and oxygen atoms in total. The van der Waals surface area contributed by atoms with Crippen molar-refractivity contribution in [3.05, 3.63) is 29.6 Å². The Kier molecular flexibility index (Phi) is 3.87. The second kappa shape index (κ2) is 5.24. The molecule has 2 heterocycles. The van der Waals surface area contributed by atoms with E-state index in [9.17, 15) is 13.2 Å². The van der Waals surface area contributed by atoms with Gasteiger partial charge in [-0.1, -0.05) is 0 Å². The molecule has 1 aromatic heterocycles. The standard InChI is InChI=1S/C12H15F3N2O/c13-12(14,15)10-1-3-17-6-9(10)11(16)5-8-2-4-18-7-8/h1,3,6,8,11H,2,4-5,7,16H2. The Morgan fingerprint density at radius 1 is 1.50 bits per heavy atom. The molecule has 1 aromatic rings. The molecule has 1 fully saturated rings. The maximum absolute atomic E-state index is 12.8. The van der Waals surface area contributed by atoms with Crippen LogP contribution in [0.4, 0.5) is 13.2 Å². The monoisotopic (exact) mass is 260 g/mol. The van der Waals surface area contributed by atoms with Crippen LogP contribution in [0.5, 0.6) is 0 Å². The maximum Gasteiger partial charge on any atom is 0.416 e. The second-order valence-electron chi connectivity index (χ2n) is 4.53. The van der Waals surface area contributed by atoms with Gasteiger partial charge in [-0.3, -0.25) is 4.98 Å². The molecule has 0 spiro atoms. The Morgan fingerprint density at radius 2 is 2.28 bits per heavy atom. The average molecular weight is 260 g/mol. The van der Waals surface area contributed by atoms with Gasteiger partial charge < -0.3 is 10.5 Å². The van der Waals surface area contributed by atoms with E-state index in [2.05, 4.69) is 4.98 Å². The van der Waals surface area contributed by atoms with Gasteiger partial charge in [0.15, 0.2) is 0 Å². The van der Waals surface area contributed by atoms with E-state index in [1.54, 1.807) is 0 Å². The minimum absolute atomic E-state index is 0.0666. The number of alkyl halides is 3. The van der Waals surface area contributed by atoms with Crippen molar-refractivity contribution in [3.63, 3.8) is 0 Å². The highest BCUT2D eigenvalue weighted by Crippen LogP contribution is 2.35. The van der Waals surface area contributed by atoms with E-state index in [0.29, 0.717) is 19.6 Å². The van der Waals surface area contributed by atoms with Crippen molar-refractivity contribution >= 4 is 0 Å². The summed E-state index contributed by atoms with van der Waals surface area (Å²) in [7, 11) is 0. The van der Waals surface area contributed by atoms with Crippen molar-refractivity contribution in [1.29, 1.82) is 0 Å². The number of aromatic nitrogens is 1. The number of halogens is 3. The third-order valence-corrected chi connectivity index (χ3v) is 3.17. The van der Waals surface area contributed by atoms with E-state index >= 15 is 0 Å². The first-order chi connectivity index (χ1) is 8.48. The first kappa shape index (κ1) is 13.3. The minimum atomic E-state index is -4.39. The molecule has 0 bridgehead atoms. The molecular formula is C12H15F3N2O. The SMILES string of the molecule is NC(CC1CCOC1)c1cnccc1C(F)(F)F. The summed E-state index contributed by atoms with van der Waals surface area (Å²) in [6, 6.07) is 0.322. The van der Waals surface area contributed by atoms with Gasteiger partial charge in [0.1, 0.15) is 0 Å². The molecule has 2 rings (SSSR count). The lowest BCUT2D eigenvalue weighted by atomic mass is 9.93. The highest BCUT2D eigenvalue weighted by Gasteiger charge is 2.35. The molecule has 0 aliphatic carbocycles. The Bertz CT molecular complexity index is 403. The predicted octanol–water partition coefficient (Wildman–Crippen LogP) is 2.53. The van der Waals surface area contributed by atoms with Gasteiger partial charge >= 0.3 is 6.18 Å². The van der Waals surface area contributed by atoms with Crippen LogP contribution < -0.4 is 5.73 Å². The Hall–Kier alpha value is -1.14. The summed E-state index contributed by atoms with van der Waals surface area (Å²) in [5.41, 5.74) is 5.25. The zero-order chi connectivity index (χ0) is 13.2. The van der Waals surface area contributed by atoms with E-state index < -0.39 is 17.8 Å². The summed E-state index contributed by atoms with van der Waals surface area (Å²) >= 11 is 0. The predicted molar refractivity (Wildman–Crippen MR) is 59.7 cm³/mol. The van der Waals surface area contributed by atoms with Gasteiger partial charge in [-0.2, -0.15) is 13.2 Å². The van der Waals surface area contributed by atoms with Crippen LogP contribution in [0.3, 0.4) is 0 Å². The van der Waals surface area contributed by atoms with Gasteiger partial charge in [0.25, 0.3) is 0 Å². The highest BCUT2D eigenvalue weighted by atomic mass is 19.4. The molecule has 1 saturated heterocycles. The third-order valence-electron chi connectivity index (χ3n) is 3.17. The van der Waals surface area contributed by atoms with Crippen molar-refractivity contribution in [2.45, 2.75) is 25.1 Å². The lowest BCUT2D eigenvalue weighted by molar-refractivity contribution is -0.138. The largest absolute Gasteiger partial charge is 0.416 e. The Morgan fingerprint density at radius 3 is 2.89 bits per heavy atom. The number of rotatable bonds is 3. The number of hydrogen-bond donors (Lipinski definition) is 1. The Labute approximate surface area is 103 Å². The number of pyridine rings is 1. The van der Waals surface area contributed by atoms with E-state index in [-0.39, 0.29) is 11.5 Å². The fraction of sp³-hybridized carbons (Fsp3) is 0.583. The summed E-state index contributed by atoms with van der Waals surface area (Å²) in [5, 5.41) is 0. The van der Waals surface area contributed by atoms with Gasteiger partial charge in [0.05, 0.1) is 5.56 Å². The lowest BCUT2D eigenvalue weighted by Gasteiger charge is -2.19. The number of nitrogens with two attached hydrogens (primary N) is 1. The van der Waals surface area contributed by atoms with Gasteiger partial charge in [0.2, 0.25) is 0 Å². The first-order valence-corrected chi connectivity index (χ1v) is 5.83. The zero-order valence-electron chi connectivity index (χ0n) is 9.78. The first-order valence-electron chi connectivity index (χ1n) is 5.83. The smallest absolute Gasteiger partial charge is 0.381 e. The van der Waals surface area contributed by atoms with E-state index in [4.69, 9.17) is 10.5 Å². The summed E-state index contributed by atoms with van der Waals surface area (Å²) in [4.78, 5) is 3.74. The molecular weight excluding hydrogens is 245 g/mol. The summed E-state index contributed by atoms with van der Waals surface area (Å²) in [5.74, 6) is 0.237. The van der Waals surface area contributed by atoms with Crippen molar-refractivity contribution in [3.8, 4) is 0 Å². The number of hydrogen-bond acceptors (Lipinski definition) is 3. The molecule has 0 amide bonds. The normalized spacial score (nSPS) is 22.1. The quantitative estimate of drug-likeness (QED) is 0.908. The van der Waals surface area contributed by atoms with Crippen LogP contribution in [0.1, 0.15) is 30.0 Å². The fourth-order valence-corrected chi connectivity index (χ4v) is 2.22. The molecule has 2 N–H and O–H groups in total. The fourth-order valence-electron chi connectivity index (χ4n) is 2.22. The average Bonchev–Trinajstić information content (AvgIpc) is 2.80. The van der Waals surface area contributed by atoms with Crippen molar-refractivity contribution < 1.29 is 17.9 Å². The molecule has 100 valence electrons. The molecule has 1 aliphatic heterocycles. The maximum atomic E-state index is 12.8. The van der Waals surface area contributed by atoms with Crippen LogP contribution in [-0.2, 0) is 10.9 Å². The second-order valence-corrected chi connectivity index (χ2v) is 4.53. The van der Waals surface area contributed by atoms with Crippen LogP contribution >= 0.6 is 0 Å². The molecule has 0 radical (unpaired) electrons. The molecule has 0 saturated carbocycles. The van der Waals surface area contributed by atoms with Gasteiger partial charge in [-0.25, -0.2) is 0 Å². The number of nitrogens with zero attached hydrogens (tertiary/aromatic N) is 1. The summed E-state index contributed by atoms with van der Waals surface area (Å²) < 4.78 is 43.6. The molecule has 18 heavy (non-hydrogen) atoms. The van der Waals surface area contributed by atoms with Crippen LogP contribution in [0.2, 0.25) is 0 Å².